The number of nitrogens with two attached hydrogens (primary N) is 3. The van der Waals surface area contributed by atoms with Gasteiger partial charge in [0, 0.05) is 73.8 Å². The van der Waals surface area contributed by atoms with E-state index in [2.05, 4.69) is 57.2 Å². The summed E-state index contributed by atoms with van der Waals surface area (Å²) in [5.74, 6) is -3.35. The number of carbonyl (C=O) groups excluding carboxylic acids is 1. The van der Waals surface area contributed by atoms with Crippen LogP contribution in [0.4, 0.5) is 31.8 Å². The molecular formula is C41H46F2N14O3. The second kappa shape index (κ2) is 18.9. The lowest BCUT2D eigenvalue weighted by molar-refractivity contribution is 0.0691. The Labute approximate surface area is 344 Å². The number of aromatic amines is 2. The highest BCUT2D eigenvalue weighted by molar-refractivity contribution is 5.97. The molecule has 0 unspecified atom stereocenters. The molecule has 2 fully saturated rings. The quantitative estimate of drug-likeness (QED) is 0.120. The van der Waals surface area contributed by atoms with E-state index in [4.69, 9.17) is 22.3 Å². The van der Waals surface area contributed by atoms with Crippen molar-refractivity contribution in [3.8, 4) is 12.1 Å². The Morgan fingerprint density at radius 1 is 0.767 bits per heavy atom. The van der Waals surface area contributed by atoms with Gasteiger partial charge in [0.05, 0.1) is 40.5 Å². The molecule has 0 radical (unpaired) electrons. The average molecular weight is 821 g/mol. The molecule has 8 heterocycles. The fraction of sp³-hybridized carbons (Fsp3) is 0.317. The minimum atomic E-state index is -1.35. The Hall–Kier alpha value is -7.38. The van der Waals surface area contributed by atoms with Crippen molar-refractivity contribution in [3.05, 3.63) is 94.3 Å². The van der Waals surface area contributed by atoms with Gasteiger partial charge in [-0.05, 0) is 62.8 Å². The number of piperidine rings is 2. The molecule has 2 saturated heterocycles. The highest BCUT2D eigenvalue weighted by atomic mass is 19.1. The summed E-state index contributed by atoms with van der Waals surface area (Å²) in [5, 5.41) is 32.1. The molecule has 312 valence electrons. The van der Waals surface area contributed by atoms with Crippen LogP contribution in [0.5, 0.6) is 0 Å². The number of halogens is 2. The SMILES string of the molecule is C.Cc1c[nH]c2ncc(C#N)c(N3CCC(N)CC3)c12.Cc1c[nH]c2ncc(C#N)c(N3CCC(NC(=O)c4cc(N)ncc4F)CC3)c12.Nc1cc(C(=O)O)c(F)cn1. The topological polar surface area (TPSA) is 282 Å². The van der Waals surface area contributed by atoms with Crippen LogP contribution in [0.3, 0.4) is 0 Å². The largest absolute Gasteiger partial charge is 0.478 e. The number of nitrogens with one attached hydrogen (secondary N) is 3. The van der Waals surface area contributed by atoms with Gasteiger partial charge >= 0.3 is 5.97 Å². The van der Waals surface area contributed by atoms with E-state index in [0.717, 1.165) is 89.0 Å². The average Bonchev–Trinajstić information content (AvgIpc) is 3.81. The van der Waals surface area contributed by atoms with Crippen LogP contribution in [-0.4, -0.2) is 85.1 Å². The first-order chi connectivity index (χ1) is 28.3. The van der Waals surface area contributed by atoms with E-state index in [-0.39, 0.29) is 36.7 Å². The summed E-state index contributed by atoms with van der Waals surface area (Å²) >= 11 is 0. The zero-order valence-electron chi connectivity index (χ0n) is 32.3. The van der Waals surface area contributed by atoms with Crippen molar-refractivity contribution in [1.29, 1.82) is 10.5 Å². The predicted octanol–water partition coefficient (Wildman–Crippen LogP) is 5.07. The van der Waals surface area contributed by atoms with Crippen LogP contribution in [-0.2, 0) is 0 Å². The number of pyridine rings is 4. The fourth-order valence-electron chi connectivity index (χ4n) is 7.17. The Morgan fingerprint density at radius 3 is 1.63 bits per heavy atom. The number of carboxylic acids is 1. The van der Waals surface area contributed by atoms with Gasteiger partial charge in [0.1, 0.15) is 40.6 Å². The number of carboxylic acid groups (broad SMARTS) is 1. The molecule has 0 aromatic carbocycles. The number of aryl methyl sites for hydroxylation is 2. The number of fused-ring (bicyclic) bond motifs is 2. The first-order valence-electron chi connectivity index (χ1n) is 18.6. The van der Waals surface area contributed by atoms with Crippen LogP contribution >= 0.6 is 0 Å². The summed E-state index contributed by atoms with van der Waals surface area (Å²) in [7, 11) is 0. The molecule has 1 amide bonds. The number of rotatable bonds is 5. The Kier molecular flexibility index (Phi) is 13.8. The van der Waals surface area contributed by atoms with Gasteiger partial charge in [0.2, 0.25) is 0 Å². The number of hydrogen-bond acceptors (Lipinski definition) is 13. The van der Waals surface area contributed by atoms with Crippen LogP contribution < -0.4 is 32.3 Å². The number of hydrogen-bond donors (Lipinski definition) is 7. The molecule has 0 spiro atoms. The van der Waals surface area contributed by atoms with Crippen LogP contribution in [0.15, 0.2) is 49.3 Å². The van der Waals surface area contributed by atoms with Gasteiger partial charge in [-0.3, -0.25) is 4.79 Å². The minimum absolute atomic E-state index is 0. The molecule has 6 aromatic heterocycles. The number of nitrogens with zero attached hydrogens (tertiary/aromatic N) is 8. The molecule has 17 nitrogen and oxygen atoms in total. The maximum atomic E-state index is 13.9. The number of nitrogen functional groups attached to an aromatic ring is 2. The van der Waals surface area contributed by atoms with E-state index < -0.39 is 29.1 Å². The number of carbonyl (C=O) groups is 2. The Balaban J connectivity index is 0.000000189. The second-order valence-corrected chi connectivity index (χ2v) is 14.2. The first-order valence-corrected chi connectivity index (χ1v) is 18.6. The number of nitriles is 2. The van der Waals surface area contributed by atoms with Gasteiger partial charge in [-0.25, -0.2) is 33.5 Å². The van der Waals surface area contributed by atoms with Crippen molar-refractivity contribution in [2.75, 3.05) is 47.4 Å². The minimum Gasteiger partial charge on any atom is -0.478 e. The zero-order chi connectivity index (χ0) is 42.4. The molecule has 8 rings (SSSR count). The third-order valence-corrected chi connectivity index (χ3v) is 10.2. The smallest absolute Gasteiger partial charge is 0.338 e. The number of H-pyrrole nitrogens is 2. The van der Waals surface area contributed by atoms with Crippen molar-refractivity contribution in [3.63, 3.8) is 0 Å². The van der Waals surface area contributed by atoms with Crippen molar-refractivity contribution in [2.24, 2.45) is 5.73 Å². The van der Waals surface area contributed by atoms with Gasteiger partial charge in [-0.15, -0.1) is 0 Å². The molecule has 6 aromatic rings. The summed E-state index contributed by atoms with van der Waals surface area (Å²) in [4.78, 5) is 49.0. The maximum absolute atomic E-state index is 13.9. The standard InChI is InChI=1S/C20H20FN7O.C14H17N5.C6H5FN2O2.CH4/c1-11-8-25-19-17(11)18(12(7-22)9-26-19)28-4-2-13(3-5-28)27-20(29)14-6-16(23)24-10-15(14)21;1-9-7-17-14-12(9)13(10(6-15)8-18-14)19-4-2-11(16)3-5-19;7-4-2-9-5(8)1-3(4)6(10)11;/h6,8-10,13H,2-5H2,1H3,(H2,23,24)(H,25,26)(H,27,29);7-8,11H,2-5,16H2,1H3,(H,17,18);1-2H,(H2,8,9)(H,10,11);1H4. The summed E-state index contributed by atoms with van der Waals surface area (Å²) in [6.45, 7) is 7.14. The molecule has 0 saturated carbocycles. The molecule has 2 aliphatic rings. The highest BCUT2D eigenvalue weighted by Gasteiger charge is 2.27. The van der Waals surface area contributed by atoms with Crippen LogP contribution in [0.2, 0.25) is 0 Å². The lowest BCUT2D eigenvalue weighted by Gasteiger charge is -2.34. The number of aromatic carboxylic acids is 1. The van der Waals surface area contributed by atoms with Crippen LogP contribution in [0.25, 0.3) is 22.1 Å². The molecule has 0 aliphatic carbocycles. The van der Waals surface area contributed by atoms with Crippen molar-refractivity contribution in [2.45, 2.75) is 59.0 Å². The normalized spacial score (nSPS) is 14.2. The molecule has 0 atom stereocenters. The number of amides is 1. The molecule has 60 heavy (non-hydrogen) atoms. The molecular weight excluding hydrogens is 775 g/mol. The van der Waals surface area contributed by atoms with E-state index in [1.807, 2.05) is 26.2 Å². The second-order valence-electron chi connectivity index (χ2n) is 14.2. The summed E-state index contributed by atoms with van der Waals surface area (Å²) in [6.07, 6.45) is 12.1. The van der Waals surface area contributed by atoms with E-state index in [0.29, 0.717) is 37.1 Å². The van der Waals surface area contributed by atoms with Crippen LogP contribution in [0.1, 0.15) is 76.1 Å². The number of anilines is 4. The van der Waals surface area contributed by atoms with Crippen molar-refractivity contribution < 1.29 is 23.5 Å². The van der Waals surface area contributed by atoms with Gasteiger partial charge in [-0.2, -0.15) is 10.5 Å². The van der Waals surface area contributed by atoms with E-state index in [1.165, 1.54) is 6.07 Å². The van der Waals surface area contributed by atoms with Gasteiger partial charge in [0.15, 0.2) is 11.6 Å². The summed E-state index contributed by atoms with van der Waals surface area (Å²) in [5.41, 5.74) is 22.9. The Morgan fingerprint density at radius 2 is 1.20 bits per heavy atom. The number of aromatic nitrogens is 6. The Bertz CT molecular complexity index is 2600. The molecule has 2 aliphatic heterocycles. The lowest BCUT2D eigenvalue weighted by atomic mass is 10.0. The van der Waals surface area contributed by atoms with Gasteiger partial charge in [-0.1, -0.05) is 7.43 Å². The van der Waals surface area contributed by atoms with Crippen LogP contribution in [0, 0.1) is 48.1 Å². The maximum Gasteiger partial charge on any atom is 0.338 e. The van der Waals surface area contributed by atoms with E-state index in [9.17, 15) is 28.9 Å². The molecule has 10 N–H and O–H groups in total. The fourth-order valence-corrected chi connectivity index (χ4v) is 7.17. The van der Waals surface area contributed by atoms with E-state index in [1.54, 1.807) is 12.4 Å². The first kappa shape index (κ1) is 43.7. The third-order valence-electron chi connectivity index (χ3n) is 10.2. The predicted molar refractivity (Wildman–Crippen MR) is 224 cm³/mol. The molecule has 19 heteroatoms. The monoisotopic (exact) mass is 820 g/mol. The zero-order valence-corrected chi connectivity index (χ0v) is 32.3. The van der Waals surface area contributed by atoms with Crippen molar-refractivity contribution >= 4 is 57.0 Å². The third kappa shape index (κ3) is 9.49. The van der Waals surface area contributed by atoms with Gasteiger partial charge in [0.25, 0.3) is 5.91 Å². The highest BCUT2D eigenvalue weighted by Crippen LogP contribution is 2.34. The lowest BCUT2D eigenvalue weighted by Crippen LogP contribution is -2.45. The molecule has 0 bridgehead atoms. The van der Waals surface area contributed by atoms with Gasteiger partial charge < -0.3 is 47.4 Å². The summed E-state index contributed by atoms with van der Waals surface area (Å²) < 4.78 is 26.4. The van der Waals surface area contributed by atoms with E-state index >= 15 is 0 Å². The summed E-state index contributed by atoms with van der Waals surface area (Å²) in [6, 6.07) is 6.89. The van der Waals surface area contributed by atoms with Crippen molar-refractivity contribution in [1.82, 2.24) is 35.2 Å².